The van der Waals surface area contributed by atoms with Gasteiger partial charge in [0.15, 0.2) is 0 Å². The van der Waals surface area contributed by atoms with Crippen LogP contribution in [0.15, 0.2) is 65.8 Å². The number of nitrogens with one attached hydrogen (secondary N) is 1. The number of ether oxygens (including phenoxy) is 1. The Morgan fingerprint density at radius 1 is 1.03 bits per heavy atom. The van der Waals surface area contributed by atoms with Gasteiger partial charge < -0.3 is 21.6 Å². The molecule has 0 aromatic heterocycles. The van der Waals surface area contributed by atoms with Gasteiger partial charge in [0.05, 0.1) is 12.1 Å². The van der Waals surface area contributed by atoms with Crippen LogP contribution in [-0.2, 0) is 6.18 Å². The predicted molar refractivity (Wildman–Crippen MR) is 146 cm³/mol. The van der Waals surface area contributed by atoms with Gasteiger partial charge >= 0.3 is 6.18 Å². The van der Waals surface area contributed by atoms with E-state index in [2.05, 4.69) is 10.4 Å². The zero-order chi connectivity index (χ0) is 28.2. The van der Waals surface area contributed by atoms with Crippen LogP contribution < -0.4 is 21.6 Å². The van der Waals surface area contributed by atoms with Crippen molar-refractivity contribution >= 4 is 11.7 Å². The van der Waals surface area contributed by atoms with Crippen LogP contribution in [0, 0.1) is 19.8 Å². The summed E-state index contributed by atoms with van der Waals surface area (Å²) in [6, 6.07) is 16.5. The summed E-state index contributed by atoms with van der Waals surface area (Å²) in [6.07, 6.45) is -0.191. The Morgan fingerprint density at radius 2 is 1.62 bits per heavy atom. The average molecular weight is 539 g/mol. The van der Waals surface area contributed by atoms with Gasteiger partial charge in [-0.3, -0.25) is 4.79 Å². The summed E-state index contributed by atoms with van der Waals surface area (Å²) < 4.78 is 45.6. The number of halogens is 3. The van der Waals surface area contributed by atoms with Gasteiger partial charge in [0.25, 0.3) is 5.91 Å². The van der Waals surface area contributed by atoms with E-state index in [0.29, 0.717) is 17.2 Å². The Balaban J connectivity index is 1.56. The zero-order valence-corrected chi connectivity index (χ0v) is 22.0. The van der Waals surface area contributed by atoms with Crippen molar-refractivity contribution in [3.05, 3.63) is 88.5 Å². The Bertz CT molecular complexity index is 1310. The van der Waals surface area contributed by atoms with Crippen molar-refractivity contribution in [2.24, 2.45) is 22.6 Å². The number of hydrogen-bond acceptors (Lipinski definition) is 4. The lowest BCUT2D eigenvalue weighted by Gasteiger charge is -2.26. The molecule has 0 bridgehead atoms. The normalized spacial score (nSPS) is 15.3. The molecule has 1 amide bonds. The highest BCUT2D eigenvalue weighted by Crippen LogP contribution is 2.41. The first kappa shape index (κ1) is 28.0. The van der Waals surface area contributed by atoms with Crippen LogP contribution in [0.1, 0.15) is 64.4 Å². The van der Waals surface area contributed by atoms with Crippen molar-refractivity contribution in [3.8, 4) is 16.9 Å². The molecule has 0 saturated heterocycles. The first-order chi connectivity index (χ1) is 18.6. The summed E-state index contributed by atoms with van der Waals surface area (Å²) in [6.45, 7) is 3.94. The van der Waals surface area contributed by atoms with E-state index in [1.54, 1.807) is 12.1 Å². The zero-order valence-electron chi connectivity index (χ0n) is 22.0. The Labute approximate surface area is 226 Å². The number of nitrogens with two attached hydrogens (primary N) is 2. The van der Waals surface area contributed by atoms with Gasteiger partial charge in [0.1, 0.15) is 17.7 Å². The minimum absolute atomic E-state index is 0.0616. The molecule has 206 valence electrons. The van der Waals surface area contributed by atoms with Gasteiger partial charge in [0, 0.05) is 11.5 Å². The van der Waals surface area contributed by atoms with Crippen molar-refractivity contribution in [2.75, 3.05) is 6.54 Å². The molecule has 9 heteroatoms. The highest BCUT2D eigenvalue weighted by Gasteiger charge is 2.31. The molecular formula is C30H33F3N4O2. The number of aryl methyl sites for hydroxylation is 2. The van der Waals surface area contributed by atoms with E-state index in [4.69, 9.17) is 16.3 Å². The minimum atomic E-state index is -4.37. The average Bonchev–Trinajstić information content (AvgIpc) is 3.44. The highest BCUT2D eigenvalue weighted by molar-refractivity contribution is 5.97. The van der Waals surface area contributed by atoms with Gasteiger partial charge in [-0.1, -0.05) is 37.1 Å². The Kier molecular flexibility index (Phi) is 8.47. The SMILES string of the molecule is Cc1cc(OC(c2ccc(C(=O)NC/C(N)=N/N)cc2)C2CCCC2)cc(C)c1-c1ccc(C(F)(F)F)cc1. The molecule has 1 fully saturated rings. The molecular weight excluding hydrogens is 505 g/mol. The van der Waals surface area contributed by atoms with Crippen molar-refractivity contribution in [1.82, 2.24) is 5.32 Å². The summed E-state index contributed by atoms with van der Waals surface area (Å²) in [7, 11) is 0. The summed E-state index contributed by atoms with van der Waals surface area (Å²) in [4.78, 5) is 12.4. The van der Waals surface area contributed by atoms with Gasteiger partial charge in [-0.25, -0.2) is 0 Å². The Morgan fingerprint density at radius 3 is 2.15 bits per heavy atom. The molecule has 1 unspecified atom stereocenters. The quantitative estimate of drug-likeness (QED) is 0.136. The summed E-state index contributed by atoms with van der Waals surface area (Å²) in [5.41, 5.74) is 9.80. The maximum Gasteiger partial charge on any atom is 0.416 e. The van der Waals surface area contributed by atoms with Crippen LogP contribution in [0.5, 0.6) is 5.75 Å². The highest BCUT2D eigenvalue weighted by atomic mass is 19.4. The number of carbonyl (C=O) groups excluding carboxylic acids is 1. The fourth-order valence-corrected chi connectivity index (χ4v) is 5.26. The first-order valence-electron chi connectivity index (χ1n) is 12.9. The molecule has 3 aromatic carbocycles. The van der Waals surface area contributed by atoms with E-state index in [-0.39, 0.29) is 24.4 Å². The lowest BCUT2D eigenvalue weighted by atomic mass is 9.92. The third-order valence-electron chi connectivity index (χ3n) is 7.20. The van der Waals surface area contributed by atoms with E-state index in [1.165, 1.54) is 12.1 Å². The molecule has 1 atom stereocenters. The lowest BCUT2D eigenvalue weighted by molar-refractivity contribution is -0.137. The topological polar surface area (TPSA) is 103 Å². The number of carbonyl (C=O) groups is 1. The van der Waals surface area contributed by atoms with E-state index in [9.17, 15) is 18.0 Å². The summed E-state index contributed by atoms with van der Waals surface area (Å²) in [5, 5.41) is 6.02. The molecule has 0 radical (unpaired) electrons. The maximum atomic E-state index is 13.0. The second-order valence-corrected chi connectivity index (χ2v) is 10.0. The molecule has 6 nitrogen and oxygen atoms in total. The molecule has 0 spiro atoms. The number of nitrogens with zero attached hydrogens (tertiary/aromatic N) is 1. The monoisotopic (exact) mass is 538 g/mol. The smallest absolute Gasteiger partial charge is 0.416 e. The molecule has 0 heterocycles. The van der Waals surface area contributed by atoms with Crippen LogP contribution in [0.3, 0.4) is 0 Å². The standard InChI is InChI=1S/C30H33F3N4O2/c1-18-15-25(16-19(2)27(18)20-11-13-24(14-12-20)30(31,32)33)39-28(21-5-3-4-6-21)22-7-9-23(10-8-22)29(38)36-17-26(34)37-35/h7-16,21,28H,3-6,17,35H2,1-2H3,(H2,34,37)(H,36,38). The van der Waals surface area contributed by atoms with Gasteiger partial charge in [-0.05, 0) is 90.9 Å². The number of alkyl halides is 3. The predicted octanol–water partition coefficient (Wildman–Crippen LogP) is 6.26. The molecule has 0 aliphatic heterocycles. The van der Waals surface area contributed by atoms with Crippen molar-refractivity contribution in [1.29, 1.82) is 0 Å². The number of hydrazone groups is 1. The number of benzene rings is 3. The van der Waals surface area contributed by atoms with Crippen LogP contribution in [-0.4, -0.2) is 18.3 Å². The third-order valence-corrected chi connectivity index (χ3v) is 7.20. The molecule has 4 rings (SSSR count). The second-order valence-electron chi connectivity index (χ2n) is 10.0. The summed E-state index contributed by atoms with van der Waals surface area (Å²) >= 11 is 0. The number of amides is 1. The van der Waals surface area contributed by atoms with Crippen molar-refractivity contribution in [3.63, 3.8) is 0 Å². The van der Waals surface area contributed by atoms with Gasteiger partial charge in [-0.2, -0.15) is 18.3 Å². The first-order valence-corrected chi connectivity index (χ1v) is 12.9. The molecule has 1 aliphatic rings. The number of amidine groups is 1. The Hall–Kier alpha value is -4.01. The largest absolute Gasteiger partial charge is 0.485 e. The van der Waals surface area contributed by atoms with Gasteiger partial charge in [0.2, 0.25) is 0 Å². The van der Waals surface area contributed by atoms with Crippen LogP contribution >= 0.6 is 0 Å². The minimum Gasteiger partial charge on any atom is -0.485 e. The van der Waals surface area contributed by atoms with Crippen molar-refractivity contribution < 1.29 is 22.7 Å². The van der Waals surface area contributed by atoms with E-state index >= 15 is 0 Å². The molecule has 1 aliphatic carbocycles. The van der Waals surface area contributed by atoms with Crippen molar-refractivity contribution in [2.45, 2.75) is 51.8 Å². The summed E-state index contributed by atoms with van der Waals surface area (Å²) in [5.74, 6) is 6.00. The molecule has 3 aromatic rings. The molecule has 1 saturated carbocycles. The maximum absolute atomic E-state index is 13.0. The molecule has 5 N–H and O–H groups in total. The third kappa shape index (κ3) is 6.71. The number of rotatable bonds is 8. The van der Waals surface area contributed by atoms with Gasteiger partial charge in [-0.15, -0.1) is 0 Å². The van der Waals surface area contributed by atoms with Crippen LogP contribution in [0.2, 0.25) is 0 Å². The van der Waals surface area contributed by atoms with Crippen LogP contribution in [0.25, 0.3) is 11.1 Å². The number of hydrogen-bond donors (Lipinski definition) is 3. The van der Waals surface area contributed by atoms with E-state index in [1.807, 2.05) is 38.1 Å². The van der Waals surface area contributed by atoms with E-state index in [0.717, 1.165) is 65.6 Å². The fraction of sp³-hybridized carbons (Fsp3) is 0.333. The molecule has 39 heavy (non-hydrogen) atoms. The lowest BCUT2D eigenvalue weighted by Crippen LogP contribution is -2.34. The second kappa shape index (κ2) is 11.8. The fourth-order valence-electron chi connectivity index (χ4n) is 5.26. The van der Waals surface area contributed by atoms with Crippen LogP contribution in [0.4, 0.5) is 13.2 Å². The van der Waals surface area contributed by atoms with E-state index < -0.39 is 11.7 Å².